The monoisotopic (exact) mass is 347 g/mol. The van der Waals surface area contributed by atoms with E-state index in [0.717, 1.165) is 25.1 Å². The quantitative estimate of drug-likeness (QED) is 0.466. The normalized spacial score (nSPS) is 21.6. The summed E-state index contributed by atoms with van der Waals surface area (Å²) in [6.45, 7) is 2.17. The zero-order valence-corrected chi connectivity index (χ0v) is 14.3. The van der Waals surface area contributed by atoms with Crippen molar-refractivity contribution in [1.29, 1.82) is 0 Å². The highest BCUT2D eigenvalue weighted by Crippen LogP contribution is 2.44. The molecule has 0 aromatic heterocycles. The van der Waals surface area contributed by atoms with Gasteiger partial charge in [0, 0.05) is 50.3 Å². The fourth-order valence-corrected chi connectivity index (χ4v) is 3.96. The van der Waals surface area contributed by atoms with E-state index >= 15 is 0 Å². The number of carbonyl (C=O) groups excluding carboxylic acids is 1. The van der Waals surface area contributed by atoms with Crippen molar-refractivity contribution in [3.8, 4) is 0 Å². The number of halogens is 1. The first kappa shape index (κ1) is 17.5. The van der Waals surface area contributed by atoms with E-state index < -0.39 is 0 Å². The highest BCUT2D eigenvalue weighted by molar-refractivity contribution is 5.76. The maximum absolute atomic E-state index is 13.6. The van der Waals surface area contributed by atoms with E-state index in [4.69, 9.17) is 10.3 Å². The van der Waals surface area contributed by atoms with Crippen LogP contribution in [-0.4, -0.2) is 55.7 Å². The number of rotatable bonds is 5. The third kappa shape index (κ3) is 3.27. The molecule has 0 radical (unpaired) electrons. The SMILES string of the molecule is COC1CN(c2cccc(F)c2)C12CCN(C(=O)CCN=[N+]=[N-])CC2. The Bertz CT molecular complexity index is 683. The first-order valence-electron chi connectivity index (χ1n) is 8.45. The van der Waals surface area contributed by atoms with Crippen molar-refractivity contribution in [1.82, 2.24) is 4.90 Å². The second-order valence-corrected chi connectivity index (χ2v) is 6.50. The largest absolute Gasteiger partial charge is 0.377 e. The van der Waals surface area contributed by atoms with Gasteiger partial charge in [0.1, 0.15) is 5.82 Å². The second-order valence-electron chi connectivity index (χ2n) is 6.50. The number of ether oxygens (including phenoxy) is 1. The van der Waals surface area contributed by atoms with Crippen LogP contribution in [0, 0.1) is 5.82 Å². The lowest BCUT2D eigenvalue weighted by Crippen LogP contribution is -2.74. The number of nitrogens with zero attached hydrogens (tertiary/aromatic N) is 5. The lowest BCUT2D eigenvalue weighted by molar-refractivity contribution is -0.134. The number of benzene rings is 1. The van der Waals surface area contributed by atoms with Crippen molar-refractivity contribution < 1.29 is 13.9 Å². The first-order chi connectivity index (χ1) is 12.1. The molecule has 2 aliphatic rings. The van der Waals surface area contributed by atoms with Crippen LogP contribution in [0.25, 0.3) is 10.4 Å². The summed E-state index contributed by atoms with van der Waals surface area (Å²) in [7, 11) is 1.70. The highest BCUT2D eigenvalue weighted by Gasteiger charge is 2.55. The van der Waals surface area contributed by atoms with E-state index in [1.54, 1.807) is 19.2 Å². The Hall–Kier alpha value is -2.31. The van der Waals surface area contributed by atoms with Gasteiger partial charge in [0.25, 0.3) is 0 Å². The highest BCUT2D eigenvalue weighted by atomic mass is 19.1. The molecular weight excluding hydrogens is 325 g/mol. The zero-order chi connectivity index (χ0) is 17.9. The van der Waals surface area contributed by atoms with Crippen LogP contribution in [0.1, 0.15) is 19.3 Å². The summed E-state index contributed by atoms with van der Waals surface area (Å²) in [5.74, 6) is -0.243. The summed E-state index contributed by atoms with van der Waals surface area (Å²) < 4.78 is 19.2. The Morgan fingerprint density at radius 2 is 2.24 bits per heavy atom. The van der Waals surface area contributed by atoms with Crippen molar-refractivity contribution in [2.24, 2.45) is 5.11 Å². The number of hydrogen-bond acceptors (Lipinski definition) is 4. The van der Waals surface area contributed by atoms with Crippen LogP contribution in [0.5, 0.6) is 0 Å². The van der Waals surface area contributed by atoms with Crippen LogP contribution in [0.15, 0.2) is 29.4 Å². The maximum Gasteiger partial charge on any atom is 0.222 e. The van der Waals surface area contributed by atoms with Crippen molar-refractivity contribution >= 4 is 11.6 Å². The first-order valence-corrected chi connectivity index (χ1v) is 8.45. The molecule has 0 bridgehead atoms. The number of carbonyl (C=O) groups is 1. The van der Waals surface area contributed by atoms with Crippen molar-refractivity contribution in [3.63, 3.8) is 0 Å². The molecule has 2 saturated heterocycles. The summed E-state index contributed by atoms with van der Waals surface area (Å²) in [6, 6.07) is 6.61. The summed E-state index contributed by atoms with van der Waals surface area (Å²) >= 11 is 0. The lowest BCUT2D eigenvalue weighted by Gasteiger charge is -2.61. The number of piperidine rings is 1. The minimum Gasteiger partial charge on any atom is -0.377 e. The Morgan fingerprint density at radius 3 is 2.88 bits per heavy atom. The van der Waals surface area contributed by atoms with Crippen LogP contribution in [-0.2, 0) is 9.53 Å². The van der Waals surface area contributed by atoms with E-state index in [1.165, 1.54) is 6.07 Å². The molecule has 25 heavy (non-hydrogen) atoms. The fourth-order valence-electron chi connectivity index (χ4n) is 3.96. The molecule has 1 aromatic carbocycles. The minimum atomic E-state index is -0.251. The van der Waals surface area contributed by atoms with E-state index in [-0.39, 0.29) is 36.3 Å². The fraction of sp³-hybridized carbons (Fsp3) is 0.588. The summed E-state index contributed by atoms with van der Waals surface area (Å²) in [4.78, 5) is 18.9. The summed E-state index contributed by atoms with van der Waals surface area (Å²) in [5.41, 5.74) is 8.97. The Labute approximate surface area is 146 Å². The molecule has 3 rings (SSSR count). The van der Waals surface area contributed by atoms with E-state index in [9.17, 15) is 9.18 Å². The van der Waals surface area contributed by atoms with Gasteiger partial charge >= 0.3 is 0 Å². The Balaban J connectivity index is 1.68. The topological polar surface area (TPSA) is 81.5 Å². The summed E-state index contributed by atoms with van der Waals surface area (Å²) in [6.07, 6.45) is 1.86. The van der Waals surface area contributed by atoms with Gasteiger partial charge in [-0.3, -0.25) is 4.79 Å². The predicted molar refractivity (Wildman–Crippen MR) is 91.7 cm³/mol. The number of hydrogen-bond donors (Lipinski definition) is 0. The lowest BCUT2D eigenvalue weighted by atomic mass is 9.73. The third-order valence-electron chi connectivity index (χ3n) is 5.36. The second kappa shape index (κ2) is 7.29. The molecule has 7 nitrogen and oxygen atoms in total. The van der Waals surface area contributed by atoms with E-state index in [2.05, 4.69) is 14.9 Å². The van der Waals surface area contributed by atoms with Crippen LogP contribution in [0.4, 0.5) is 10.1 Å². The van der Waals surface area contributed by atoms with Crippen molar-refractivity contribution in [2.45, 2.75) is 30.9 Å². The number of methoxy groups -OCH3 is 1. The smallest absolute Gasteiger partial charge is 0.222 e. The molecule has 0 N–H and O–H groups in total. The summed E-state index contributed by atoms with van der Waals surface area (Å²) in [5, 5.41) is 3.42. The number of azide groups is 1. The molecular formula is C17H22FN5O2. The predicted octanol–water partition coefficient (Wildman–Crippen LogP) is 2.72. The molecule has 0 aliphatic carbocycles. The Kier molecular flexibility index (Phi) is 5.11. The van der Waals surface area contributed by atoms with Gasteiger partial charge in [-0.1, -0.05) is 11.2 Å². The van der Waals surface area contributed by atoms with Gasteiger partial charge in [0.15, 0.2) is 0 Å². The number of amides is 1. The molecule has 1 aromatic rings. The minimum absolute atomic E-state index is 0.00726. The third-order valence-corrected chi connectivity index (χ3v) is 5.36. The van der Waals surface area contributed by atoms with Gasteiger partial charge in [-0.15, -0.1) is 0 Å². The average Bonchev–Trinajstić information content (AvgIpc) is 2.61. The van der Waals surface area contributed by atoms with Crippen LogP contribution < -0.4 is 4.90 Å². The van der Waals surface area contributed by atoms with Gasteiger partial charge < -0.3 is 14.5 Å². The number of likely N-dealkylation sites (tertiary alicyclic amines) is 1. The zero-order valence-electron chi connectivity index (χ0n) is 14.3. The molecule has 2 fully saturated rings. The number of anilines is 1. The maximum atomic E-state index is 13.6. The molecule has 1 unspecified atom stereocenters. The molecule has 1 amide bonds. The van der Waals surface area contributed by atoms with E-state index in [0.29, 0.717) is 13.1 Å². The van der Waals surface area contributed by atoms with Crippen molar-refractivity contribution in [3.05, 3.63) is 40.5 Å². The molecule has 0 saturated carbocycles. The van der Waals surface area contributed by atoms with Crippen LogP contribution in [0.2, 0.25) is 0 Å². The molecule has 2 heterocycles. The van der Waals surface area contributed by atoms with Gasteiger partial charge in [-0.2, -0.15) is 0 Å². The van der Waals surface area contributed by atoms with E-state index in [1.807, 2.05) is 11.0 Å². The molecule has 1 atom stereocenters. The van der Waals surface area contributed by atoms with Gasteiger partial charge in [-0.25, -0.2) is 4.39 Å². The van der Waals surface area contributed by atoms with Gasteiger partial charge in [0.2, 0.25) is 5.91 Å². The Morgan fingerprint density at radius 1 is 1.48 bits per heavy atom. The standard InChI is InChI=1S/C17H22FN5O2/c1-25-15-12-23(14-4-2-3-13(18)11-14)17(15)6-9-22(10-7-17)16(24)5-8-20-21-19/h2-4,11,15H,5-10,12H2,1H3. The van der Waals surface area contributed by atoms with Gasteiger partial charge in [0.05, 0.1) is 11.6 Å². The van der Waals surface area contributed by atoms with Crippen LogP contribution >= 0.6 is 0 Å². The van der Waals surface area contributed by atoms with Crippen LogP contribution in [0.3, 0.4) is 0 Å². The molecule has 134 valence electrons. The van der Waals surface area contributed by atoms with Gasteiger partial charge in [-0.05, 0) is 36.6 Å². The molecule has 2 aliphatic heterocycles. The van der Waals surface area contributed by atoms with Crippen molar-refractivity contribution in [2.75, 3.05) is 38.2 Å². The molecule has 8 heteroatoms. The molecule has 1 spiro atoms. The average molecular weight is 347 g/mol.